The van der Waals surface area contributed by atoms with Gasteiger partial charge in [0.15, 0.2) is 0 Å². The Balaban J connectivity index is 1.36. The number of amides is 1. The highest BCUT2D eigenvalue weighted by Gasteiger charge is 2.23. The van der Waals surface area contributed by atoms with Gasteiger partial charge in [0.1, 0.15) is 11.9 Å². The Hall–Kier alpha value is -2.42. The first kappa shape index (κ1) is 24.2. The lowest BCUT2D eigenvalue weighted by Gasteiger charge is -2.17. The van der Waals surface area contributed by atoms with Crippen molar-refractivity contribution in [2.75, 3.05) is 25.1 Å². The van der Waals surface area contributed by atoms with E-state index in [4.69, 9.17) is 27.9 Å². The number of ether oxygens (including phenoxy) is 1. The summed E-state index contributed by atoms with van der Waals surface area (Å²) in [7, 11) is 0. The Morgan fingerprint density at radius 3 is 2.72 bits per heavy atom. The summed E-state index contributed by atoms with van der Waals surface area (Å²) >= 11 is 11.9. The standard InChI is InChI=1S/C22H26Cl2N4O4/c23-16-12-25-13-17(24)19(16)21(29)28-18(22(30)31)8-11-32-10-2-1-5-15-7-6-14-4-3-9-26-20(14)27-15/h6-7,12-13,18H,1-5,8-11H2,(H,26,27)(H,28,29)(H,30,31)/t18-/m0/s1. The summed E-state index contributed by atoms with van der Waals surface area (Å²) in [6.07, 6.45) is 7.50. The third kappa shape index (κ3) is 6.79. The van der Waals surface area contributed by atoms with Crippen molar-refractivity contribution in [1.82, 2.24) is 15.3 Å². The second kappa shape index (κ2) is 12.0. The van der Waals surface area contributed by atoms with Crippen LogP contribution in [-0.2, 0) is 22.4 Å². The number of carbonyl (C=O) groups is 2. The molecule has 2 aromatic heterocycles. The maximum absolute atomic E-state index is 12.4. The number of carboxylic acids is 1. The number of nitrogens with one attached hydrogen (secondary N) is 2. The highest BCUT2D eigenvalue weighted by molar-refractivity contribution is 6.39. The molecule has 3 heterocycles. The number of nitrogens with zero attached hydrogens (tertiary/aromatic N) is 2. The van der Waals surface area contributed by atoms with E-state index in [2.05, 4.69) is 32.7 Å². The summed E-state index contributed by atoms with van der Waals surface area (Å²) in [6, 6.07) is 3.11. The maximum Gasteiger partial charge on any atom is 0.326 e. The Morgan fingerprint density at radius 1 is 1.19 bits per heavy atom. The summed E-state index contributed by atoms with van der Waals surface area (Å²) in [5.74, 6) is -0.821. The van der Waals surface area contributed by atoms with Gasteiger partial charge in [-0.2, -0.15) is 0 Å². The van der Waals surface area contributed by atoms with E-state index in [0.29, 0.717) is 6.61 Å². The minimum Gasteiger partial charge on any atom is -0.480 e. The van der Waals surface area contributed by atoms with Gasteiger partial charge < -0.3 is 20.5 Å². The van der Waals surface area contributed by atoms with Gasteiger partial charge in [-0.25, -0.2) is 9.78 Å². The van der Waals surface area contributed by atoms with Crippen LogP contribution in [0.4, 0.5) is 5.82 Å². The molecule has 0 unspecified atom stereocenters. The fourth-order valence-electron chi connectivity index (χ4n) is 3.44. The maximum atomic E-state index is 12.4. The normalized spacial score (nSPS) is 13.7. The Bertz CT molecular complexity index is 937. The quantitative estimate of drug-likeness (QED) is 0.419. The molecule has 172 valence electrons. The molecule has 0 saturated heterocycles. The van der Waals surface area contributed by atoms with Crippen molar-refractivity contribution in [3.63, 3.8) is 0 Å². The van der Waals surface area contributed by atoms with Crippen LogP contribution in [0.15, 0.2) is 24.5 Å². The molecule has 1 aliphatic heterocycles. The molecule has 1 amide bonds. The van der Waals surface area contributed by atoms with E-state index in [0.717, 1.165) is 50.2 Å². The molecule has 0 fully saturated rings. The number of hydrogen-bond acceptors (Lipinski definition) is 6. The van der Waals surface area contributed by atoms with E-state index in [1.807, 2.05) is 0 Å². The molecule has 0 radical (unpaired) electrons. The van der Waals surface area contributed by atoms with Crippen LogP contribution in [0.1, 0.15) is 47.3 Å². The Kier molecular flexibility index (Phi) is 9.08. The van der Waals surface area contributed by atoms with Gasteiger partial charge >= 0.3 is 5.97 Å². The summed E-state index contributed by atoms with van der Waals surface area (Å²) in [4.78, 5) is 32.3. The van der Waals surface area contributed by atoms with Crippen molar-refractivity contribution in [2.24, 2.45) is 0 Å². The highest BCUT2D eigenvalue weighted by Crippen LogP contribution is 2.23. The number of fused-ring (bicyclic) bond motifs is 1. The molecule has 32 heavy (non-hydrogen) atoms. The number of halogens is 2. The Morgan fingerprint density at radius 2 is 1.97 bits per heavy atom. The summed E-state index contributed by atoms with van der Waals surface area (Å²) in [5, 5.41) is 15.3. The van der Waals surface area contributed by atoms with Crippen LogP contribution in [-0.4, -0.2) is 52.8 Å². The van der Waals surface area contributed by atoms with Crippen LogP contribution in [0.5, 0.6) is 0 Å². The summed E-state index contributed by atoms with van der Waals surface area (Å²) < 4.78 is 5.57. The molecule has 0 aliphatic carbocycles. The molecule has 1 atom stereocenters. The first-order chi connectivity index (χ1) is 15.5. The number of pyridine rings is 2. The third-order valence-corrected chi connectivity index (χ3v) is 5.73. The van der Waals surface area contributed by atoms with Crippen LogP contribution >= 0.6 is 23.2 Å². The molecule has 0 spiro atoms. The largest absolute Gasteiger partial charge is 0.480 e. The monoisotopic (exact) mass is 480 g/mol. The van der Waals surface area contributed by atoms with Gasteiger partial charge in [-0.1, -0.05) is 29.3 Å². The number of aryl methyl sites for hydroxylation is 2. The second-order valence-electron chi connectivity index (χ2n) is 7.54. The minimum atomic E-state index is -1.16. The van der Waals surface area contributed by atoms with Crippen LogP contribution in [0.2, 0.25) is 10.0 Å². The third-order valence-electron chi connectivity index (χ3n) is 5.16. The number of anilines is 1. The van der Waals surface area contributed by atoms with Crippen molar-refractivity contribution in [2.45, 2.75) is 44.6 Å². The van der Waals surface area contributed by atoms with E-state index in [1.54, 1.807) is 0 Å². The van der Waals surface area contributed by atoms with Crippen molar-refractivity contribution < 1.29 is 19.4 Å². The number of unbranched alkanes of at least 4 members (excludes halogenated alkanes) is 1. The highest BCUT2D eigenvalue weighted by atomic mass is 35.5. The van der Waals surface area contributed by atoms with Crippen LogP contribution < -0.4 is 10.6 Å². The molecule has 1 aliphatic rings. The lowest BCUT2D eigenvalue weighted by atomic mass is 10.1. The van der Waals surface area contributed by atoms with Crippen LogP contribution in [0.25, 0.3) is 0 Å². The Labute approximate surface area is 196 Å². The fraction of sp³-hybridized carbons (Fsp3) is 0.455. The zero-order valence-electron chi connectivity index (χ0n) is 17.6. The van der Waals surface area contributed by atoms with E-state index >= 15 is 0 Å². The lowest BCUT2D eigenvalue weighted by Crippen LogP contribution is -2.41. The molecule has 10 heteroatoms. The van der Waals surface area contributed by atoms with Crippen molar-refractivity contribution >= 4 is 40.9 Å². The van der Waals surface area contributed by atoms with Gasteiger partial charge in [-0.3, -0.25) is 9.78 Å². The number of hydrogen-bond donors (Lipinski definition) is 3. The van der Waals surface area contributed by atoms with E-state index in [9.17, 15) is 14.7 Å². The average molecular weight is 481 g/mol. The molecule has 0 saturated carbocycles. The predicted octanol–water partition coefficient (Wildman–Crippen LogP) is 3.75. The molecule has 0 bridgehead atoms. The average Bonchev–Trinajstić information content (AvgIpc) is 2.77. The van der Waals surface area contributed by atoms with Crippen LogP contribution in [0, 0.1) is 0 Å². The van der Waals surface area contributed by atoms with Gasteiger partial charge in [0, 0.05) is 44.3 Å². The second-order valence-corrected chi connectivity index (χ2v) is 8.36. The molecule has 0 aromatic carbocycles. The van der Waals surface area contributed by atoms with E-state index in [-0.39, 0.29) is 28.6 Å². The van der Waals surface area contributed by atoms with Gasteiger partial charge in [0.05, 0.1) is 15.6 Å². The summed E-state index contributed by atoms with van der Waals surface area (Å²) in [5.41, 5.74) is 2.33. The molecular formula is C22H26Cl2N4O4. The topological polar surface area (TPSA) is 113 Å². The number of aliphatic carboxylic acids is 1. The van der Waals surface area contributed by atoms with Crippen molar-refractivity contribution in [3.8, 4) is 0 Å². The lowest BCUT2D eigenvalue weighted by molar-refractivity contribution is -0.139. The first-order valence-corrected chi connectivity index (χ1v) is 11.3. The fourth-order valence-corrected chi connectivity index (χ4v) is 3.97. The number of carbonyl (C=O) groups excluding carboxylic acids is 1. The van der Waals surface area contributed by atoms with Gasteiger partial charge in [0.25, 0.3) is 5.91 Å². The molecule has 3 rings (SSSR count). The molecule has 2 aromatic rings. The van der Waals surface area contributed by atoms with Crippen molar-refractivity contribution in [3.05, 3.63) is 51.4 Å². The summed E-state index contributed by atoms with van der Waals surface area (Å²) in [6.45, 7) is 1.68. The smallest absolute Gasteiger partial charge is 0.326 e. The number of carboxylic acid groups (broad SMARTS) is 1. The number of aromatic nitrogens is 2. The predicted molar refractivity (Wildman–Crippen MR) is 123 cm³/mol. The van der Waals surface area contributed by atoms with Crippen LogP contribution in [0.3, 0.4) is 0 Å². The van der Waals surface area contributed by atoms with Gasteiger partial charge in [-0.05, 0) is 43.7 Å². The van der Waals surface area contributed by atoms with E-state index < -0.39 is 17.9 Å². The molecule has 3 N–H and O–H groups in total. The van der Waals surface area contributed by atoms with Gasteiger partial charge in [0.2, 0.25) is 0 Å². The zero-order chi connectivity index (χ0) is 22.9. The molecule has 8 nitrogen and oxygen atoms in total. The first-order valence-electron chi connectivity index (χ1n) is 10.6. The minimum absolute atomic E-state index is 0.00138. The SMILES string of the molecule is O=C(N[C@@H](CCOCCCCc1ccc2c(n1)NCCC2)C(=O)O)c1c(Cl)cncc1Cl. The van der Waals surface area contributed by atoms with Crippen molar-refractivity contribution in [1.29, 1.82) is 0 Å². The molecular weight excluding hydrogens is 455 g/mol. The number of rotatable bonds is 11. The van der Waals surface area contributed by atoms with E-state index in [1.165, 1.54) is 18.0 Å². The van der Waals surface area contributed by atoms with Gasteiger partial charge in [-0.15, -0.1) is 0 Å². The zero-order valence-corrected chi connectivity index (χ0v) is 19.1.